The van der Waals surface area contributed by atoms with Gasteiger partial charge in [-0.1, -0.05) is 26.0 Å². The van der Waals surface area contributed by atoms with Gasteiger partial charge in [0.2, 0.25) is 0 Å². The van der Waals surface area contributed by atoms with Crippen molar-refractivity contribution in [2.24, 2.45) is 0 Å². The minimum atomic E-state index is -0.178. The maximum absolute atomic E-state index is 5.82. The van der Waals surface area contributed by atoms with E-state index in [1.54, 1.807) is 0 Å². The van der Waals surface area contributed by atoms with E-state index in [2.05, 4.69) is 59.0 Å². The van der Waals surface area contributed by atoms with E-state index in [1.165, 1.54) is 22.3 Å². The topological polar surface area (TPSA) is 21.3 Å². The molecule has 2 nitrogen and oxygen atoms in total. The molecule has 0 spiro atoms. The fraction of sp³-hybridized carbons (Fsp3) is 0.647. The highest BCUT2D eigenvalue weighted by Crippen LogP contribution is 2.34. The highest BCUT2D eigenvalue weighted by Gasteiger charge is 2.34. The number of rotatable bonds is 6. The van der Waals surface area contributed by atoms with Crippen molar-refractivity contribution in [1.29, 1.82) is 0 Å². The molecule has 2 unspecified atom stereocenters. The van der Waals surface area contributed by atoms with Crippen molar-refractivity contribution in [3.05, 3.63) is 34.4 Å². The molecule has 0 bridgehead atoms. The first kappa shape index (κ1) is 16.2. The molecule has 0 amide bonds. The van der Waals surface area contributed by atoms with Crippen LogP contribution < -0.4 is 5.32 Å². The van der Waals surface area contributed by atoms with Crippen LogP contribution in [0.5, 0.6) is 0 Å². The van der Waals surface area contributed by atoms with E-state index < -0.39 is 0 Å². The van der Waals surface area contributed by atoms with Crippen LogP contribution >= 0.6 is 0 Å². The molecule has 0 fully saturated rings. The third-order valence-corrected chi connectivity index (χ3v) is 4.38. The van der Waals surface area contributed by atoms with Crippen LogP contribution in [0, 0.1) is 20.8 Å². The first-order chi connectivity index (χ1) is 8.89. The van der Waals surface area contributed by atoms with Crippen LogP contribution in [0.15, 0.2) is 12.1 Å². The average molecular weight is 263 g/mol. The number of methoxy groups -OCH3 is 1. The van der Waals surface area contributed by atoms with Crippen LogP contribution in [0.4, 0.5) is 0 Å². The van der Waals surface area contributed by atoms with Crippen LogP contribution in [-0.4, -0.2) is 19.3 Å². The average Bonchev–Trinajstić information content (AvgIpc) is 2.40. The lowest BCUT2D eigenvalue weighted by molar-refractivity contribution is -0.0297. The number of nitrogens with one attached hydrogen (secondary N) is 1. The van der Waals surface area contributed by atoms with Gasteiger partial charge in [0.05, 0.1) is 11.6 Å². The van der Waals surface area contributed by atoms with Gasteiger partial charge in [-0.15, -0.1) is 0 Å². The van der Waals surface area contributed by atoms with Gasteiger partial charge in [0.1, 0.15) is 0 Å². The molecule has 108 valence electrons. The van der Waals surface area contributed by atoms with Crippen molar-refractivity contribution in [1.82, 2.24) is 5.32 Å². The van der Waals surface area contributed by atoms with E-state index in [1.807, 2.05) is 7.11 Å². The lowest BCUT2D eigenvalue weighted by atomic mass is 9.84. The van der Waals surface area contributed by atoms with E-state index in [4.69, 9.17) is 4.74 Å². The summed E-state index contributed by atoms with van der Waals surface area (Å²) >= 11 is 0. The summed E-state index contributed by atoms with van der Waals surface area (Å²) in [5.41, 5.74) is 5.22. The minimum absolute atomic E-state index is 0.178. The Labute approximate surface area is 118 Å². The van der Waals surface area contributed by atoms with Gasteiger partial charge in [-0.05, 0) is 62.9 Å². The summed E-state index contributed by atoms with van der Waals surface area (Å²) in [7, 11) is 1.81. The lowest BCUT2D eigenvalue weighted by Gasteiger charge is -2.37. The molecule has 0 aliphatic carbocycles. The summed E-state index contributed by atoms with van der Waals surface area (Å²) < 4.78 is 5.82. The SMILES string of the molecule is CCNC(c1cc(C)c(C)cc1C)C(C)(CC)OC. The first-order valence-electron chi connectivity index (χ1n) is 7.25. The lowest BCUT2D eigenvalue weighted by Crippen LogP contribution is -2.43. The number of likely N-dealkylation sites (N-methyl/N-ethyl adjacent to an activating group) is 1. The molecule has 0 radical (unpaired) electrons. The Morgan fingerprint density at radius 3 is 2.16 bits per heavy atom. The summed E-state index contributed by atoms with van der Waals surface area (Å²) in [6.45, 7) is 14.0. The molecule has 1 aromatic carbocycles. The highest BCUT2D eigenvalue weighted by molar-refractivity contribution is 5.39. The van der Waals surface area contributed by atoms with Crippen molar-refractivity contribution >= 4 is 0 Å². The molecule has 2 heteroatoms. The summed E-state index contributed by atoms with van der Waals surface area (Å²) in [5, 5.41) is 3.60. The Balaban J connectivity index is 3.30. The van der Waals surface area contributed by atoms with Gasteiger partial charge in [0, 0.05) is 7.11 Å². The second-order valence-electron chi connectivity index (χ2n) is 5.65. The van der Waals surface area contributed by atoms with Crippen LogP contribution in [0.25, 0.3) is 0 Å². The maximum Gasteiger partial charge on any atom is 0.0842 e. The zero-order valence-electron chi connectivity index (χ0n) is 13.6. The van der Waals surface area contributed by atoms with Crippen molar-refractivity contribution in [2.75, 3.05) is 13.7 Å². The highest BCUT2D eigenvalue weighted by atomic mass is 16.5. The van der Waals surface area contributed by atoms with Gasteiger partial charge in [-0.25, -0.2) is 0 Å². The molecule has 19 heavy (non-hydrogen) atoms. The molecular formula is C17H29NO. The third kappa shape index (κ3) is 3.37. The van der Waals surface area contributed by atoms with Gasteiger partial charge in [-0.3, -0.25) is 0 Å². The van der Waals surface area contributed by atoms with Crippen molar-refractivity contribution in [2.45, 2.75) is 59.6 Å². The van der Waals surface area contributed by atoms with Crippen molar-refractivity contribution < 1.29 is 4.74 Å². The first-order valence-corrected chi connectivity index (χ1v) is 7.25. The predicted molar refractivity (Wildman–Crippen MR) is 82.8 cm³/mol. The molecule has 0 saturated carbocycles. The van der Waals surface area contributed by atoms with Crippen LogP contribution in [0.1, 0.15) is 55.5 Å². The Morgan fingerprint density at radius 2 is 1.68 bits per heavy atom. The van der Waals surface area contributed by atoms with Crippen molar-refractivity contribution in [3.63, 3.8) is 0 Å². The number of ether oxygens (including phenoxy) is 1. The zero-order chi connectivity index (χ0) is 14.6. The summed E-state index contributed by atoms with van der Waals surface area (Å²) in [5.74, 6) is 0. The third-order valence-electron chi connectivity index (χ3n) is 4.38. The van der Waals surface area contributed by atoms with E-state index in [-0.39, 0.29) is 11.6 Å². The smallest absolute Gasteiger partial charge is 0.0842 e. The fourth-order valence-electron chi connectivity index (χ4n) is 2.62. The minimum Gasteiger partial charge on any atom is -0.377 e. The molecule has 0 saturated heterocycles. The molecule has 0 aromatic heterocycles. The van der Waals surface area contributed by atoms with E-state index in [0.29, 0.717) is 0 Å². The van der Waals surface area contributed by atoms with Crippen LogP contribution in [0.2, 0.25) is 0 Å². The van der Waals surface area contributed by atoms with E-state index in [0.717, 1.165) is 13.0 Å². The normalized spacial score (nSPS) is 16.2. The number of aryl methyl sites for hydroxylation is 3. The summed E-state index contributed by atoms with van der Waals surface area (Å²) in [6, 6.07) is 4.82. The molecule has 0 aliphatic rings. The quantitative estimate of drug-likeness (QED) is 0.835. The zero-order valence-corrected chi connectivity index (χ0v) is 13.6. The second kappa shape index (κ2) is 6.53. The largest absolute Gasteiger partial charge is 0.377 e. The molecule has 0 heterocycles. The predicted octanol–water partition coefficient (Wildman–Crippen LogP) is 4.08. The fourth-order valence-corrected chi connectivity index (χ4v) is 2.62. The standard InChI is InChI=1S/C17H29NO/c1-8-17(6,19-7)16(18-9-2)15-11-13(4)12(3)10-14(15)5/h10-11,16,18H,8-9H2,1-7H3. The second-order valence-corrected chi connectivity index (χ2v) is 5.65. The van der Waals surface area contributed by atoms with Gasteiger partial charge in [0.15, 0.2) is 0 Å². The van der Waals surface area contributed by atoms with E-state index in [9.17, 15) is 0 Å². The summed E-state index contributed by atoms with van der Waals surface area (Å²) in [4.78, 5) is 0. The van der Waals surface area contributed by atoms with Crippen molar-refractivity contribution in [3.8, 4) is 0 Å². The Bertz CT molecular complexity index is 422. The maximum atomic E-state index is 5.82. The van der Waals surface area contributed by atoms with Gasteiger partial charge in [-0.2, -0.15) is 0 Å². The molecule has 1 N–H and O–H groups in total. The van der Waals surface area contributed by atoms with E-state index >= 15 is 0 Å². The van der Waals surface area contributed by atoms with Gasteiger partial charge < -0.3 is 10.1 Å². The number of hydrogen-bond acceptors (Lipinski definition) is 2. The van der Waals surface area contributed by atoms with Crippen LogP contribution in [0.3, 0.4) is 0 Å². The van der Waals surface area contributed by atoms with Crippen LogP contribution in [-0.2, 0) is 4.74 Å². The molecule has 1 rings (SSSR count). The molecule has 0 aliphatic heterocycles. The Morgan fingerprint density at radius 1 is 1.11 bits per heavy atom. The monoisotopic (exact) mass is 263 g/mol. The van der Waals surface area contributed by atoms with Gasteiger partial charge >= 0.3 is 0 Å². The van der Waals surface area contributed by atoms with Gasteiger partial charge in [0.25, 0.3) is 0 Å². The Kier molecular flexibility index (Phi) is 5.57. The Hall–Kier alpha value is -0.860. The number of hydrogen-bond donors (Lipinski definition) is 1. The molecule has 2 atom stereocenters. The number of benzene rings is 1. The molecular weight excluding hydrogens is 234 g/mol. The molecule has 1 aromatic rings. The summed E-state index contributed by atoms with van der Waals surface area (Å²) in [6.07, 6.45) is 0.980.